The Bertz CT molecular complexity index is 425. The second-order valence-electron chi connectivity index (χ2n) is 4.66. The molecule has 0 fully saturated rings. The average Bonchev–Trinajstić information content (AvgIpc) is 2.70. The van der Waals surface area contributed by atoms with Crippen LogP contribution in [0.5, 0.6) is 0 Å². The van der Waals surface area contributed by atoms with Gasteiger partial charge in [0.25, 0.3) is 5.91 Å². The van der Waals surface area contributed by atoms with Crippen LogP contribution in [0.4, 0.5) is 0 Å². The normalized spacial score (nSPS) is 12.4. The van der Waals surface area contributed by atoms with Gasteiger partial charge < -0.3 is 14.9 Å². The number of amides is 1. The van der Waals surface area contributed by atoms with Crippen LogP contribution in [0.2, 0.25) is 0 Å². The summed E-state index contributed by atoms with van der Waals surface area (Å²) in [5, 5.41) is 15.0. The fourth-order valence-electron chi connectivity index (χ4n) is 1.46. The maximum Gasteiger partial charge on any atom is 0.326 e. The van der Waals surface area contributed by atoms with Crippen molar-refractivity contribution < 1.29 is 19.2 Å². The molecule has 2 N–H and O–H groups in total. The number of carboxylic acids is 1. The van der Waals surface area contributed by atoms with Crippen molar-refractivity contribution in [2.75, 3.05) is 0 Å². The lowest BCUT2D eigenvalue weighted by atomic mass is 10.0. The molecule has 1 amide bonds. The van der Waals surface area contributed by atoms with Gasteiger partial charge in [-0.1, -0.05) is 19.0 Å². The highest BCUT2D eigenvalue weighted by atomic mass is 16.5. The Balaban J connectivity index is 2.60. The number of carbonyl (C=O) groups excluding carboxylic acids is 1. The van der Waals surface area contributed by atoms with Crippen molar-refractivity contribution in [1.29, 1.82) is 0 Å². The van der Waals surface area contributed by atoms with Crippen LogP contribution in [0.3, 0.4) is 0 Å². The smallest absolute Gasteiger partial charge is 0.326 e. The highest BCUT2D eigenvalue weighted by Crippen LogP contribution is 2.08. The van der Waals surface area contributed by atoms with Gasteiger partial charge in [0.15, 0.2) is 5.69 Å². The molecule has 0 aromatic carbocycles. The van der Waals surface area contributed by atoms with Crippen molar-refractivity contribution in [2.24, 2.45) is 5.92 Å². The zero-order valence-corrected chi connectivity index (χ0v) is 10.8. The Hall–Kier alpha value is -1.85. The zero-order valence-electron chi connectivity index (χ0n) is 10.8. The SMILES string of the molecule is Cc1cc(C(=O)N[C@@H](CCC(C)C)C(=O)O)no1. The van der Waals surface area contributed by atoms with Crippen molar-refractivity contribution in [1.82, 2.24) is 10.5 Å². The first-order valence-corrected chi connectivity index (χ1v) is 5.87. The van der Waals surface area contributed by atoms with Gasteiger partial charge in [-0.25, -0.2) is 4.79 Å². The molecule has 100 valence electrons. The summed E-state index contributed by atoms with van der Waals surface area (Å²) >= 11 is 0. The minimum atomic E-state index is -1.04. The maximum atomic E-state index is 11.7. The van der Waals surface area contributed by atoms with Gasteiger partial charge in [0.2, 0.25) is 0 Å². The molecule has 0 aliphatic carbocycles. The lowest BCUT2D eigenvalue weighted by Gasteiger charge is -2.14. The first-order chi connectivity index (χ1) is 8.40. The summed E-state index contributed by atoms with van der Waals surface area (Å²) in [7, 11) is 0. The highest BCUT2D eigenvalue weighted by molar-refractivity contribution is 5.94. The van der Waals surface area contributed by atoms with Crippen LogP contribution in [0, 0.1) is 12.8 Å². The molecule has 0 bridgehead atoms. The molecule has 0 saturated heterocycles. The number of aryl methyl sites for hydroxylation is 1. The van der Waals surface area contributed by atoms with E-state index in [4.69, 9.17) is 9.63 Å². The molecule has 1 aromatic rings. The topological polar surface area (TPSA) is 92.4 Å². The molecule has 0 saturated carbocycles. The van der Waals surface area contributed by atoms with E-state index in [0.29, 0.717) is 18.1 Å². The molecule has 0 unspecified atom stereocenters. The molecule has 6 nitrogen and oxygen atoms in total. The number of hydrogen-bond donors (Lipinski definition) is 2. The van der Waals surface area contributed by atoms with Gasteiger partial charge >= 0.3 is 5.97 Å². The van der Waals surface area contributed by atoms with Gasteiger partial charge in [0.05, 0.1) is 0 Å². The Kier molecular flexibility index (Phi) is 4.88. The Morgan fingerprint density at radius 2 is 2.11 bits per heavy atom. The summed E-state index contributed by atoms with van der Waals surface area (Å²) in [6.07, 6.45) is 1.13. The second-order valence-corrected chi connectivity index (χ2v) is 4.66. The number of nitrogens with zero attached hydrogens (tertiary/aromatic N) is 1. The Morgan fingerprint density at radius 1 is 1.44 bits per heavy atom. The Labute approximate surface area is 105 Å². The molecule has 0 spiro atoms. The number of rotatable bonds is 6. The van der Waals surface area contributed by atoms with Crippen molar-refractivity contribution >= 4 is 11.9 Å². The van der Waals surface area contributed by atoms with E-state index in [9.17, 15) is 9.59 Å². The highest BCUT2D eigenvalue weighted by Gasteiger charge is 2.22. The Morgan fingerprint density at radius 3 is 2.56 bits per heavy atom. The molecule has 0 aliphatic heterocycles. The van der Waals surface area contributed by atoms with Gasteiger partial charge in [0.1, 0.15) is 11.8 Å². The summed E-state index contributed by atoms with van der Waals surface area (Å²) in [6.45, 7) is 5.67. The number of carbonyl (C=O) groups is 2. The second kappa shape index (κ2) is 6.18. The van der Waals surface area contributed by atoms with E-state index in [-0.39, 0.29) is 5.69 Å². The molecule has 18 heavy (non-hydrogen) atoms. The molecule has 1 rings (SSSR count). The molecule has 1 heterocycles. The lowest BCUT2D eigenvalue weighted by Crippen LogP contribution is -2.41. The number of aromatic nitrogens is 1. The minimum Gasteiger partial charge on any atom is -0.480 e. The van der Waals surface area contributed by atoms with E-state index < -0.39 is 17.9 Å². The number of nitrogens with one attached hydrogen (secondary N) is 1. The predicted octanol–water partition coefficient (Wildman–Crippen LogP) is 1.60. The van der Waals surface area contributed by atoms with Crippen LogP contribution in [0.25, 0.3) is 0 Å². The van der Waals surface area contributed by atoms with E-state index in [1.165, 1.54) is 6.07 Å². The molecule has 0 radical (unpaired) electrons. The van der Waals surface area contributed by atoms with Gasteiger partial charge in [-0.3, -0.25) is 4.79 Å². The molecule has 1 atom stereocenters. The van der Waals surface area contributed by atoms with Crippen molar-refractivity contribution in [3.63, 3.8) is 0 Å². The zero-order chi connectivity index (χ0) is 13.7. The molecule has 0 aliphatic rings. The van der Waals surface area contributed by atoms with Gasteiger partial charge in [0, 0.05) is 6.07 Å². The van der Waals surface area contributed by atoms with Gasteiger partial charge in [-0.15, -0.1) is 0 Å². The van der Waals surface area contributed by atoms with Crippen molar-refractivity contribution in [2.45, 2.75) is 39.7 Å². The standard InChI is InChI=1S/C12H18N2O4/c1-7(2)4-5-9(12(16)17)13-11(15)10-6-8(3)18-14-10/h6-7,9H,4-5H2,1-3H3,(H,13,15)(H,16,17)/t9-/m0/s1. The first-order valence-electron chi connectivity index (χ1n) is 5.87. The largest absolute Gasteiger partial charge is 0.480 e. The summed E-state index contributed by atoms with van der Waals surface area (Å²) < 4.78 is 4.77. The summed E-state index contributed by atoms with van der Waals surface area (Å²) in [5.41, 5.74) is 0.100. The average molecular weight is 254 g/mol. The number of carboxylic acid groups (broad SMARTS) is 1. The predicted molar refractivity (Wildman–Crippen MR) is 64.2 cm³/mol. The van der Waals surface area contributed by atoms with Crippen LogP contribution in [-0.2, 0) is 4.79 Å². The molecular formula is C12H18N2O4. The summed E-state index contributed by atoms with van der Waals surface area (Å²) in [5.74, 6) is -0.667. The van der Waals surface area contributed by atoms with E-state index in [2.05, 4.69) is 10.5 Å². The minimum absolute atomic E-state index is 0.100. The summed E-state index contributed by atoms with van der Waals surface area (Å²) in [6, 6.07) is 0.577. The molecule has 6 heteroatoms. The quantitative estimate of drug-likeness (QED) is 0.804. The fourth-order valence-corrected chi connectivity index (χ4v) is 1.46. The van der Waals surface area contributed by atoms with E-state index in [1.807, 2.05) is 13.8 Å². The summed E-state index contributed by atoms with van der Waals surface area (Å²) in [4.78, 5) is 22.7. The van der Waals surface area contributed by atoms with Gasteiger partial charge in [-0.2, -0.15) is 0 Å². The first kappa shape index (κ1) is 14.2. The van der Waals surface area contributed by atoms with Crippen LogP contribution in [0.1, 0.15) is 42.9 Å². The van der Waals surface area contributed by atoms with E-state index in [0.717, 1.165) is 6.42 Å². The third-order valence-electron chi connectivity index (χ3n) is 2.50. The monoisotopic (exact) mass is 254 g/mol. The number of aliphatic carboxylic acids is 1. The van der Waals surface area contributed by atoms with Crippen LogP contribution in [-0.4, -0.2) is 28.2 Å². The molecular weight excluding hydrogens is 236 g/mol. The molecule has 1 aromatic heterocycles. The van der Waals surface area contributed by atoms with E-state index >= 15 is 0 Å². The van der Waals surface area contributed by atoms with Crippen LogP contribution >= 0.6 is 0 Å². The third kappa shape index (κ3) is 4.20. The van der Waals surface area contributed by atoms with Crippen molar-refractivity contribution in [3.8, 4) is 0 Å². The fraction of sp³-hybridized carbons (Fsp3) is 0.583. The third-order valence-corrected chi connectivity index (χ3v) is 2.50. The van der Waals surface area contributed by atoms with Crippen LogP contribution in [0.15, 0.2) is 10.6 Å². The lowest BCUT2D eigenvalue weighted by molar-refractivity contribution is -0.139. The van der Waals surface area contributed by atoms with E-state index in [1.54, 1.807) is 6.92 Å². The number of hydrogen-bond acceptors (Lipinski definition) is 4. The van der Waals surface area contributed by atoms with Gasteiger partial charge in [-0.05, 0) is 25.7 Å². The maximum absolute atomic E-state index is 11.7. The van der Waals surface area contributed by atoms with Crippen LogP contribution < -0.4 is 5.32 Å². The van der Waals surface area contributed by atoms with Crippen molar-refractivity contribution in [3.05, 3.63) is 17.5 Å².